The highest BCUT2D eigenvalue weighted by Crippen LogP contribution is 2.31. The number of nitrogens with zero attached hydrogens (tertiary/aromatic N) is 1. The number of carbonyl (C=O) groups is 1. The number of hydrogen-bond donors (Lipinski definition) is 2. The van der Waals surface area contributed by atoms with Gasteiger partial charge >= 0.3 is 0 Å². The molecule has 0 aliphatic heterocycles. The van der Waals surface area contributed by atoms with Crippen LogP contribution in [0.2, 0.25) is 5.02 Å². The highest BCUT2D eigenvalue weighted by Gasteiger charge is 2.22. The largest absolute Gasteiger partial charge is 0.436 e. The Morgan fingerprint density at radius 2 is 1.97 bits per heavy atom. The first-order chi connectivity index (χ1) is 14.1. The molecule has 3 aromatic rings. The van der Waals surface area contributed by atoms with Gasteiger partial charge in [0.2, 0.25) is 11.8 Å². The van der Waals surface area contributed by atoms with Gasteiger partial charge in [-0.25, -0.2) is 4.98 Å². The van der Waals surface area contributed by atoms with Crippen LogP contribution >= 0.6 is 23.8 Å². The topological polar surface area (TPSA) is 67.2 Å². The van der Waals surface area contributed by atoms with Crippen molar-refractivity contribution in [1.29, 1.82) is 0 Å². The number of oxazole rings is 1. The molecule has 0 saturated heterocycles. The second kappa shape index (κ2) is 8.74. The number of rotatable bonds is 4. The molecule has 0 saturated carbocycles. The summed E-state index contributed by atoms with van der Waals surface area (Å²) >= 11 is 11.6. The van der Waals surface area contributed by atoms with E-state index in [1.54, 1.807) is 12.1 Å². The minimum absolute atomic E-state index is 0.177. The number of carbonyl (C=O) groups excluding carboxylic acids is 1. The van der Waals surface area contributed by atoms with Crippen LogP contribution in [0.4, 0.5) is 5.69 Å². The van der Waals surface area contributed by atoms with Gasteiger partial charge in [-0.2, -0.15) is 0 Å². The molecule has 0 aliphatic rings. The molecule has 1 atom stereocenters. The summed E-state index contributed by atoms with van der Waals surface area (Å²) in [6.45, 7) is 9.82. The van der Waals surface area contributed by atoms with E-state index in [0.717, 1.165) is 23.1 Å². The van der Waals surface area contributed by atoms with Gasteiger partial charge in [-0.3, -0.25) is 4.79 Å². The molecule has 5 nitrogen and oxygen atoms in total. The Morgan fingerprint density at radius 1 is 1.23 bits per heavy atom. The van der Waals surface area contributed by atoms with E-state index in [1.165, 1.54) is 5.56 Å². The van der Waals surface area contributed by atoms with Gasteiger partial charge in [-0.05, 0) is 60.5 Å². The second-order valence-electron chi connectivity index (χ2n) is 8.41. The smallest absolute Gasteiger partial charge is 0.231 e. The van der Waals surface area contributed by atoms with Crippen molar-refractivity contribution >= 4 is 51.6 Å². The molecule has 2 N–H and O–H groups in total. The fraction of sp³-hybridized carbons (Fsp3) is 0.348. The number of amides is 1. The average Bonchev–Trinajstić information content (AvgIpc) is 3.11. The van der Waals surface area contributed by atoms with Crippen molar-refractivity contribution in [2.75, 3.05) is 5.32 Å². The number of halogens is 1. The summed E-state index contributed by atoms with van der Waals surface area (Å²) in [4.78, 5) is 16.8. The quantitative estimate of drug-likeness (QED) is 0.449. The first-order valence-electron chi connectivity index (χ1n) is 9.91. The molecule has 0 spiro atoms. The van der Waals surface area contributed by atoms with Gasteiger partial charge in [0.05, 0.1) is 10.7 Å². The van der Waals surface area contributed by atoms with Crippen LogP contribution in [0.25, 0.3) is 22.6 Å². The molecule has 158 valence electrons. The summed E-state index contributed by atoms with van der Waals surface area (Å²) in [6, 6.07) is 11.5. The summed E-state index contributed by atoms with van der Waals surface area (Å²) in [5.74, 6) is 0.782. The van der Waals surface area contributed by atoms with E-state index < -0.39 is 5.41 Å². The lowest BCUT2D eigenvalue weighted by atomic mass is 9.96. The molecule has 0 unspecified atom stereocenters. The number of fused-ring (bicyclic) bond motifs is 1. The normalized spacial score (nSPS) is 12.6. The van der Waals surface area contributed by atoms with Gasteiger partial charge < -0.3 is 15.1 Å². The molecule has 3 rings (SSSR count). The summed E-state index contributed by atoms with van der Waals surface area (Å²) in [5, 5.41) is 6.33. The zero-order valence-electron chi connectivity index (χ0n) is 17.8. The van der Waals surface area contributed by atoms with Crippen LogP contribution in [0.15, 0.2) is 40.8 Å². The number of aromatic nitrogens is 1. The Morgan fingerprint density at radius 3 is 2.63 bits per heavy atom. The van der Waals surface area contributed by atoms with Crippen molar-refractivity contribution in [3.63, 3.8) is 0 Å². The Kier molecular flexibility index (Phi) is 6.48. The number of benzene rings is 2. The third-order valence-corrected chi connectivity index (χ3v) is 5.50. The molecule has 1 amide bonds. The van der Waals surface area contributed by atoms with Crippen LogP contribution in [0, 0.1) is 5.41 Å². The summed E-state index contributed by atoms with van der Waals surface area (Å²) in [5.41, 5.74) is 3.56. The van der Waals surface area contributed by atoms with Gasteiger partial charge in [-0.15, -0.1) is 0 Å². The third-order valence-electron chi connectivity index (χ3n) is 4.96. The maximum absolute atomic E-state index is 12.1. The lowest BCUT2D eigenvalue weighted by Crippen LogP contribution is -2.41. The zero-order chi connectivity index (χ0) is 22.1. The molecular weight excluding hydrogens is 418 g/mol. The van der Waals surface area contributed by atoms with Crippen molar-refractivity contribution in [3.05, 3.63) is 47.0 Å². The van der Waals surface area contributed by atoms with Gasteiger partial charge in [0.15, 0.2) is 10.7 Å². The van der Waals surface area contributed by atoms with Gasteiger partial charge in [0, 0.05) is 11.0 Å². The van der Waals surface area contributed by atoms with Crippen molar-refractivity contribution in [2.24, 2.45) is 5.41 Å². The van der Waals surface area contributed by atoms with Crippen LogP contribution in [-0.2, 0) is 4.79 Å². The van der Waals surface area contributed by atoms with Crippen LogP contribution in [0.1, 0.15) is 52.5 Å². The second-order valence-corrected chi connectivity index (χ2v) is 9.22. The average molecular weight is 444 g/mol. The molecule has 2 aromatic carbocycles. The van der Waals surface area contributed by atoms with Crippen LogP contribution in [-0.4, -0.2) is 16.0 Å². The SMILES string of the molecule is CC[C@@H](C)c1ccc2oc(-c3ccc(Cl)c(NC(=S)NC(=O)C(C)(C)C)c3)nc2c1. The van der Waals surface area contributed by atoms with E-state index in [4.69, 9.17) is 28.2 Å². The Balaban J connectivity index is 1.86. The van der Waals surface area contributed by atoms with E-state index >= 15 is 0 Å². The molecule has 1 heterocycles. The van der Waals surface area contributed by atoms with E-state index in [-0.39, 0.29) is 11.0 Å². The van der Waals surface area contributed by atoms with E-state index in [2.05, 4.69) is 41.6 Å². The molecule has 0 radical (unpaired) electrons. The molecule has 0 bridgehead atoms. The Hall–Kier alpha value is -2.44. The van der Waals surface area contributed by atoms with Gasteiger partial charge in [0.25, 0.3) is 0 Å². The van der Waals surface area contributed by atoms with E-state index in [9.17, 15) is 4.79 Å². The first kappa shape index (κ1) is 22.2. The number of nitrogens with one attached hydrogen (secondary N) is 2. The fourth-order valence-corrected chi connectivity index (χ4v) is 3.18. The molecule has 0 aliphatic carbocycles. The molecule has 1 aromatic heterocycles. The number of thiocarbonyl (C=S) groups is 1. The lowest BCUT2D eigenvalue weighted by molar-refractivity contribution is -0.126. The zero-order valence-corrected chi connectivity index (χ0v) is 19.4. The minimum Gasteiger partial charge on any atom is -0.436 e. The maximum Gasteiger partial charge on any atom is 0.231 e. The monoisotopic (exact) mass is 443 g/mol. The summed E-state index contributed by atoms with van der Waals surface area (Å²) < 4.78 is 5.95. The third kappa shape index (κ3) is 4.99. The molecule has 0 fully saturated rings. The highest BCUT2D eigenvalue weighted by atomic mass is 35.5. The van der Waals surface area contributed by atoms with Crippen LogP contribution in [0.3, 0.4) is 0 Å². The Labute approximate surface area is 187 Å². The standard InChI is InChI=1S/C23H26ClN3O2S/c1-6-13(2)14-8-10-19-18(11-14)25-20(29-19)15-7-9-16(24)17(12-15)26-22(30)27-21(28)23(3,4)5/h7-13H,6H2,1-5H3,(H2,26,27,28,30)/t13-/m1/s1. The van der Waals surface area contributed by atoms with Gasteiger partial charge in [0.1, 0.15) is 5.52 Å². The maximum atomic E-state index is 12.1. The molecular formula is C23H26ClN3O2S. The van der Waals surface area contributed by atoms with E-state index in [0.29, 0.717) is 22.5 Å². The van der Waals surface area contributed by atoms with Crippen molar-refractivity contribution in [1.82, 2.24) is 10.3 Å². The fourth-order valence-electron chi connectivity index (χ4n) is 2.81. The Bertz CT molecular complexity index is 1100. The predicted molar refractivity (Wildman–Crippen MR) is 127 cm³/mol. The van der Waals surface area contributed by atoms with Gasteiger partial charge in [-0.1, -0.05) is 52.3 Å². The molecule has 7 heteroatoms. The summed E-state index contributed by atoms with van der Waals surface area (Å²) in [7, 11) is 0. The first-order valence-corrected chi connectivity index (χ1v) is 10.7. The number of anilines is 1. The van der Waals surface area contributed by atoms with Crippen molar-refractivity contribution < 1.29 is 9.21 Å². The van der Waals surface area contributed by atoms with E-state index in [1.807, 2.05) is 32.9 Å². The molecule has 30 heavy (non-hydrogen) atoms. The van der Waals surface area contributed by atoms with Crippen LogP contribution in [0.5, 0.6) is 0 Å². The lowest BCUT2D eigenvalue weighted by Gasteiger charge is -2.19. The minimum atomic E-state index is -0.552. The highest BCUT2D eigenvalue weighted by molar-refractivity contribution is 7.80. The predicted octanol–water partition coefficient (Wildman–Crippen LogP) is 6.52. The summed E-state index contributed by atoms with van der Waals surface area (Å²) in [6.07, 6.45) is 1.06. The van der Waals surface area contributed by atoms with Crippen molar-refractivity contribution in [3.8, 4) is 11.5 Å². The number of hydrogen-bond acceptors (Lipinski definition) is 4. The van der Waals surface area contributed by atoms with Crippen molar-refractivity contribution in [2.45, 2.75) is 47.0 Å². The van der Waals surface area contributed by atoms with Crippen LogP contribution < -0.4 is 10.6 Å².